The number of ether oxygens (including phenoxy) is 1. The number of halogens is 1. The third-order valence-electron chi connectivity index (χ3n) is 2.28. The summed E-state index contributed by atoms with van der Waals surface area (Å²) < 4.78 is 5.46. The van der Waals surface area contributed by atoms with Gasteiger partial charge in [0, 0.05) is 22.2 Å². The van der Waals surface area contributed by atoms with Crippen LogP contribution < -0.4 is 0 Å². The van der Waals surface area contributed by atoms with Crippen LogP contribution in [0.4, 0.5) is 5.69 Å². The molecule has 0 N–H and O–H groups in total. The molecule has 0 spiro atoms. The molecule has 0 saturated carbocycles. The van der Waals surface area contributed by atoms with Gasteiger partial charge in [0.05, 0.1) is 16.6 Å². The van der Waals surface area contributed by atoms with Crippen molar-refractivity contribution in [2.75, 3.05) is 6.61 Å². The van der Waals surface area contributed by atoms with E-state index in [4.69, 9.17) is 16.3 Å². The van der Waals surface area contributed by atoms with Crippen molar-refractivity contribution in [1.82, 2.24) is 0 Å². The number of nitrogens with zero attached hydrogens (tertiary/aromatic N) is 1. The maximum Gasteiger partial charge on any atom is 0.349 e. The van der Waals surface area contributed by atoms with Crippen molar-refractivity contribution in [2.24, 2.45) is 0 Å². The molecule has 1 aromatic carbocycles. The summed E-state index contributed by atoms with van der Waals surface area (Å²) in [5.74, 6) is -0.508. The smallest absolute Gasteiger partial charge is 0.349 e. The van der Waals surface area contributed by atoms with E-state index in [1.165, 1.54) is 18.2 Å². The van der Waals surface area contributed by atoms with Crippen LogP contribution in [0.25, 0.3) is 10.1 Å². The van der Waals surface area contributed by atoms with Gasteiger partial charge in [-0.1, -0.05) is 11.6 Å². The highest BCUT2D eigenvalue weighted by Crippen LogP contribution is 2.37. The number of hydrogen-bond donors (Lipinski definition) is 0. The molecule has 94 valence electrons. The van der Waals surface area contributed by atoms with Crippen molar-refractivity contribution < 1.29 is 14.5 Å². The molecular weight excluding hydrogens is 278 g/mol. The Bertz CT molecular complexity index is 637. The highest BCUT2D eigenvalue weighted by atomic mass is 35.5. The third kappa shape index (κ3) is 2.16. The molecule has 0 aliphatic heterocycles. The molecule has 0 aliphatic rings. The van der Waals surface area contributed by atoms with E-state index < -0.39 is 10.9 Å². The van der Waals surface area contributed by atoms with Crippen LogP contribution >= 0.6 is 22.9 Å². The zero-order chi connectivity index (χ0) is 13.3. The lowest BCUT2D eigenvalue weighted by atomic mass is 10.2. The van der Waals surface area contributed by atoms with Crippen molar-refractivity contribution in [1.29, 1.82) is 0 Å². The number of carbonyl (C=O) groups is 1. The average Bonchev–Trinajstić information content (AvgIpc) is 2.66. The summed E-state index contributed by atoms with van der Waals surface area (Å²) in [6, 6.07) is 4.29. The van der Waals surface area contributed by atoms with Gasteiger partial charge in [0.1, 0.15) is 4.88 Å². The minimum absolute atomic E-state index is 0.0316. The first-order valence-electron chi connectivity index (χ1n) is 5.08. The normalized spacial score (nSPS) is 10.6. The van der Waals surface area contributed by atoms with Gasteiger partial charge in [-0.3, -0.25) is 10.1 Å². The minimum atomic E-state index is -0.508. The number of carbonyl (C=O) groups excluding carboxylic acids is 1. The van der Waals surface area contributed by atoms with Gasteiger partial charge >= 0.3 is 5.97 Å². The van der Waals surface area contributed by atoms with Gasteiger partial charge in [-0.05, 0) is 13.0 Å². The van der Waals surface area contributed by atoms with Crippen LogP contribution in [0.1, 0.15) is 16.6 Å². The average molecular weight is 286 g/mol. The lowest BCUT2D eigenvalue weighted by molar-refractivity contribution is -0.384. The number of nitro groups is 1. The fourth-order valence-corrected chi connectivity index (χ4v) is 2.93. The molecule has 0 amide bonds. The first kappa shape index (κ1) is 12.8. The predicted octanol–water partition coefficient (Wildman–Crippen LogP) is 3.64. The van der Waals surface area contributed by atoms with Gasteiger partial charge < -0.3 is 4.74 Å². The third-order valence-corrected chi connectivity index (χ3v) is 3.92. The van der Waals surface area contributed by atoms with E-state index in [0.29, 0.717) is 10.1 Å². The Hall–Kier alpha value is -1.66. The van der Waals surface area contributed by atoms with Crippen molar-refractivity contribution in [3.8, 4) is 0 Å². The number of benzene rings is 1. The Morgan fingerprint density at radius 2 is 2.28 bits per heavy atom. The second kappa shape index (κ2) is 4.91. The van der Waals surface area contributed by atoms with E-state index in [-0.39, 0.29) is 22.2 Å². The van der Waals surface area contributed by atoms with Gasteiger partial charge in [-0.2, -0.15) is 0 Å². The van der Waals surface area contributed by atoms with Gasteiger partial charge in [0.25, 0.3) is 5.69 Å². The fraction of sp³-hybridized carbons (Fsp3) is 0.182. The number of rotatable bonds is 3. The molecular formula is C11H8ClNO4S. The van der Waals surface area contributed by atoms with Gasteiger partial charge in [0.2, 0.25) is 0 Å². The first-order valence-corrected chi connectivity index (χ1v) is 6.27. The van der Waals surface area contributed by atoms with E-state index in [0.717, 1.165) is 11.3 Å². The number of nitro benzene ring substituents is 1. The molecule has 2 aromatic rings. The lowest BCUT2D eigenvalue weighted by Crippen LogP contribution is -2.02. The summed E-state index contributed by atoms with van der Waals surface area (Å²) in [5.41, 5.74) is -0.0316. The standard InChI is InChI=1S/C11H8ClNO4S/c1-2-17-11(14)10-9(12)7-4-3-6(13(15)16)5-8(7)18-10/h3-5H,2H2,1H3. The van der Waals surface area contributed by atoms with Crippen molar-refractivity contribution in [2.45, 2.75) is 6.92 Å². The van der Waals surface area contributed by atoms with E-state index >= 15 is 0 Å². The molecule has 2 rings (SSSR count). The predicted molar refractivity (Wildman–Crippen MR) is 69.4 cm³/mol. The van der Waals surface area contributed by atoms with Gasteiger partial charge in [-0.25, -0.2) is 4.79 Å². The topological polar surface area (TPSA) is 69.4 Å². The van der Waals surface area contributed by atoms with Crippen LogP contribution in [0.2, 0.25) is 5.02 Å². The largest absolute Gasteiger partial charge is 0.462 e. The Morgan fingerprint density at radius 3 is 2.89 bits per heavy atom. The van der Waals surface area contributed by atoms with E-state index in [1.807, 2.05) is 0 Å². The van der Waals surface area contributed by atoms with Crippen LogP contribution in [-0.4, -0.2) is 17.5 Å². The van der Waals surface area contributed by atoms with E-state index in [1.54, 1.807) is 6.92 Å². The summed E-state index contributed by atoms with van der Waals surface area (Å²) in [6.45, 7) is 1.95. The summed E-state index contributed by atoms with van der Waals surface area (Å²) >= 11 is 7.15. The van der Waals surface area contributed by atoms with Crippen molar-refractivity contribution in [3.63, 3.8) is 0 Å². The Morgan fingerprint density at radius 1 is 1.56 bits per heavy atom. The molecule has 0 bridgehead atoms. The summed E-state index contributed by atoms with van der Waals surface area (Å²) in [5, 5.41) is 11.6. The zero-order valence-corrected chi connectivity index (χ0v) is 10.9. The van der Waals surface area contributed by atoms with Crippen LogP contribution in [-0.2, 0) is 4.74 Å². The maximum atomic E-state index is 11.6. The first-order chi connectivity index (χ1) is 8.54. The second-order valence-corrected chi connectivity index (χ2v) is 4.83. The van der Waals surface area contributed by atoms with E-state index in [9.17, 15) is 14.9 Å². The highest BCUT2D eigenvalue weighted by molar-refractivity contribution is 7.21. The second-order valence-electron chi connectivity index (χ2n) is 3.40. The number of fused-ring (bicyclic) bond motifs is 1. The molecule has 1 heterocycles. The van der Waals surface area contributed by atoms with Crippen LogP contribution in [0.15, 0.2) is 18.2 Å². The molecule has 0 radical (unpaired) electrons. The minimum Gasteiger partial charge on any atom is -0.462 e. The summed E-state index contributed by atoms with van der Waals surface area (Å²) in [4.78, 5) is 22.1. The molecule has 0 saturated heterocycles. The Kier molecular flexibility index (Phi) is 3.49. The number of thiophene rings is 1. The molecule has 0 atom stereocenters. The van der Waals surface area contributed by atoms with Crippen molar-refractivity contribution in [3.05, 3.63) is 38.2 Å². The van der Waals surface area contributed by atoms with Gasteiger partial charge in [-0.15, -0.1) is 11.3 Å². The Balaban J connectivity index is 2.55. The molecule has 7 heteroatoms. The van der Waals surface area contributed by atoms with E-state index in [2.05, 4.69) is 0 Å². The quantitative estimate of drug-likeness (QED) is 0.490. The van der Waals surface area contributed by atoms with Crippen LogP contribution in [0.5, 0.6) is 0 Å². The summed E-state index contributed by atoms with van der Waals surface area (Å²) in [7, 11) is 0. The SMILES string of the molecule is CCOC(=O)c1sc2cc([N+](=O)[O-])ccc2c1Cl. The molecule has 18 heavy (non-hydrogen) atoms. The zero-order valence-electron chi connectivity index (χ0n) is 9.31. The molecule has 0 fully saturated rings. The maximum absolute atomic E-state index is 11.6. The summed E-state index contributed by atoms with van der Waals surface area (Å²) in [6.07, 6.45) is 0. The highest BCUT2D eigenvalue weighted by Gasteiger charge is 2.19. The number of hydrogen-bond acceptors (Lipinski definition) is 5. The Labute approximate surface area is 111 Å². The van der Waals surface area contributed by atoms with Crippen LogP contribution in [0, 0.1) is 10.1 Å². The number of non-ortho nitro benzene ring substituents is 1. The number of esters is 1. The van der Waals surface area contributed by atoms with Crippen LogP contribution in [0.3, 0.4) is 0 Å². The van der Waals surface area contributed by atoms with Crippen molar-refractivity contribution >= 4 is 44.7 Å². The molecule has 0 unspecified atom stereocenters. The lowest BCUT2D eigenvalue weighted by Gasteiger charge is -1.97. The molecule has 5 nitrogen and oxygen atoms in total. The molecule has 0 aliphatic carbocycles. The molecule has 1 aromatic heterocycles. The van der Waals surface area contributed by atoms with Gasteiger partial charge in [0.15, 0.2) is 0 Å². The fourth-order valence-electron chi connectivity index (χ4n) is 1.50. The monoisotopic (exact) mass is 285 g/mol.